The number of nitrogens with one attached hydrogen (secondary N) is 1. The summed E-state index contributed by atoms with van der Waals surface area (Å²) in [6, 6.07) is 4.35. The molecule has 0 aliphatic carbocycles. The quantitative estimate of drug-likeness (QED) is 0.881. The highest BCUT2D eigenvalue weighted by atomic mass is 35.5. The van der Waals surface area contributed by atoms with Crippen molar-refractivity contribution in [3.05, 3.63) is 27.7 Å². The van der Waals surface area contributed by atoms with Crippen LogP contribution in [0.15, 0.2) is 12.1 Å². The Bertz CT molecular complexity index is 399. The summed E-state index contributed by atoms with van der Waals surface area (Å²) < 4.78 is 0. The monoisotopic (exact) mass is 272 g/mol. The Balaban J connectivity index is 2.06. The topological polar surface area (TPSA) is 15.3 Å². The Morgan fingerprint density at radius 3 is 2.47 bits per heavy atom. The molecule has 94 valence electrons. The Hall–Kier alpha value is -0.440. The summed E-state index contributed by atoms with van der Waals surface area (Å²) >= 11 is 12.3. The van der Waals surface area contributed by atoms with Crippen LogP contribution in [0.2, 0.25) is 10.0 Å². The van der Waals surface area contributed by atoms with E-state index in [0.717, 1.165) is 47.2 Å². The minimum atomic E-state index is 0.502. The fourth-order valence-electron chi connectivity index (χ4n) is 2.13. The van der Waals surface area contributed by atoms with E-state index >= 15 is 0 Å². The van der Waals surface area contributed by atoms with Crippen molar-refractivity contribution in [1.29, 1.82) is 0 Å². The maximum absolute atomic E-state index is 6.22. The number of aryl methyl sites for hydroxylation is 1. The standard InChI is InChI=1S/C13H18Cl2N2/c1-9-7-12(15)13(8-11(9)14)16-10-3-5-17(2)6-4-10/h7-8,10,16H,3-6H2,1-2H3. The zero-order valence-corrected chi connectivity index (χ0v) is 11.8. The zero-order chi connectivity index (χ0) is 12.4. The van der Waals surface area contributed by atoms with E-state index in [1.807, 2.05) is 19.1 Å². The molecular weight excluding hydrogens is 255 g/mol. The molecule has 0 unspecified atom stereocenters. The lowest BCUT2D eigenvalue weighted by Crippen LogP contribution is -2.36. The summed E-state index contributed by atoms with van der Waals surface area (Å²) in [4.78, 5) is 2.35. The molecular formula is C13H18Cl2N2. The molecule has 2 nitrogen and oxygen atoms in total. The van der Waals surface area contributed by atoms with Crippen molar-refractivity contribution in [2.45, 2.75) is 25.8 Å². The van der Waals surface area contributed by atoms with Gasteiger partial charge in [-0.3, -0.25) is 0 Å². The highest BCUT2D eigenvalue weighted by Gasteiger charge is 2.17. The smallest absolute Gasteiger partial charge is 0.0641 e. The van der Waals surface area contributed by atoms with E-state index < -0.39 is 0 Å². The molecule has 0 saturated carbocycles. The van der Waals surface area contributed by atoms with Gasteiger partial charge in [-0.15, -0.1) is 0 Å². The van der Waals surface area contributed by atoms with E-state index in [0.29, 0.717) is 6.04 Å². The summed E-state index contributed by atoms with van der Waals surface area (Å²) in [5.74, 6) is 0. The van der Waals surface area contributed by atoms with Gasteiger partial charge in [0.25, 0.3) is 0 Å². The van der Waals surface area contributed by atoms with Crippen LogP contribution < -0.4 is 5.32 Å². The molecule has 1 aromatic carbocycles. The molecule has 0 spiro atoms. The highest BCUT2D eigenvalue weighted by Crippen LogP contribution is 2.30. The SMILES string of the molecule is Cc1cc(Cl)c(NC2CCN(C)CC2)cc1Cl. The molecule has 1 aliphatic rings. The van der Waals surface area contributed by atoms with E-state index in [-0.39, 0.29) is 0 Å². The fraction of sp³-hybridized carbons (Fsp3) is 0.538. The first-order chi connectivity index (χ1) is 8.06. The molecule has 2 rings (SSSR count). The number of likely N-dealkylation sites (tertiary alicyclic amines) is 1. The van der Waals surface area contributed by atoms with Crippen LogP contribution in [-0.2, 0) is 0 Å². The lowest BCUT2D eigenvalue weighted by atomic mass is 10.1. The lowest BCUT2D eigenvalue weighted by molar-refractivity contribution is 0.264. The number of halogens is 2. The van der Waals surface area contributed by atoms with Crippen molar-refractivity contribution < 1.29 is 0 Å². The number of rotatable bonds is 2. The van der Waals surface area contributed by atoms with Crippen molar-refractivity contribution >= 4 is 28.9 Å². The van der Waals surface area contributed by atoms with Gasteiger partial charge in [0, 0.05) is 11.1 Å². The largest absolute Gasteiger partial charge is 0.381 e. The first kappa shape index (κ1) is 13.0. The van der Waals surface area contributed by atoms with Crippen LogP contribution in [0.5, 0.6) is 0 Å². The van der Waals surface area contributed by atoms with E-state index in [2.05, 4.69) is 17.3 Å². The van der Waals surface area contributed by atoms with Crippen LogP contribution in [0.4, 0.5) is 5.69 Å². The number of hydrogen-bond donors (Lipinski definition) is 1. The minimum Gasteiger partial charge on any atom is -0.381 e. The predicted molar refractivity (Wildman–Crippen MR) is 75.3 cm³/mol. The fourth-order valence-corrected chi connectivity index (χ4v) is 2.57. The van der Waals surface area contributed by atoms with E-state index in [9.17, 15) is 0 Å². The molecule has 0 amide bonds. The van der Waals surface area contributed by atoms with Gasteiger partial charge in [-0.25, -0.2) is 0 Å². The van der Waals surface area contributed by atoms with Crippen molar-refractivity contribution in [2.24, 2.45) is 0 Å². The third-order valence-electron chi connectivity index (χ3n) is 3.33. The van der Waals surface area contributed by atoms with Crippen LogP contribution in [0.1, 0.15) is 18.4 Å². The predicted octanol–water partition coefficient (Wildman–Crippen LogP) is 3.81. The van der Waals surface area contributed by atoms with Gasteiger partial charge in [0.2, 0.25) is 0 Å². The summed E-state index contributed by atoms with van der Waals surface area (Å²) in [6.07, 6.45) is 2.30. The van der Waals surface area contributed by atoms with Gasteiger partial charge >= 0.3 is 0 Å². The average Bonchev–Trinajstić information content (AvgIpc) is 2.29. The number of anilines is 1. The van der Waals surface area contributed by atoms with Gasteiger partial charge in [-0.1, -0.05) is 23.2 Å². The van der Waals surface area contributed by atoms with Crippen molar-refractivity contribution in [1.82, 2.24) is 4.90 Å². The molecule has 1 fully saturated rings. The minimum absolute atomic E-state index is 0.502. The number of benzene rings is 1. The molecule has 1 heterocycles. The van der Waals surface area contributed by atoms with E-state index in [1.54, 1.807) is 0 Å². The highest BCUT2D eigenvalue weighted by molar-refractivity contribution is 6.35. The third-order valence-corrected chi connectivity index (χ3v) is 4.05. The third kappa shape index (κ3) is 3.27. The second kappa shape index (κ2) is 5.47. The Morgan fingerprint density at radius 2 is 1.82 bits per heavy atom. The molecule has 0 atom stereocenters. The summed E-state index contributed by atoms with van der Waals surface area (Å²) in [5.41, 5.74) is 1.97. The second-order valence-corrected chi connectivity index (χ2v) is 5.62. The van der Waals surface area contributed by atoms with E-state index in [1.165, 1.54) is 0 Å². The van der Waals surface area contributed by atoms with Gasteiger partial charge < -0.3 is 10.2 Å². The number of piperidine rings is 1. The molecule has 4 heteroatoms. The first-order valence-electron chi connectivity index (χ1n) is 5.97. The van der Waals surface area contributed by atoms with Gasteiger partial charge in [0.15, 0.2) is 0 Å². The molecule has 0 aromatic heterocycles. The summed E-state index contributed by atoms with van der Waals surface area (Å²) in [7, 11) is 2.16. The summed E-state index contributed by atoms with van der Waals surface area (Å²) in [6.45, 7) is 4.23. The Kier molecular flexibility index (Phi) is 4.18. The van der Waals surface area contributed by atoms with Crippen molar-refractivity contribution in [3.63, 3.8) is 0 Å². The van der Waals surface area contributed by atoms with Crippen LogP contribution in [0, 0.1) is 6.92 Å². The molecule has 1 aliphatic heterocycles. The Morgan fingerprint density at radius 1 is 1.18 bits per heavy atom. The van der Waals surface area contributed by atoms with Gasteiger partial charge in [0.05, 0.1) is 10.7 Å². The summed E-state index contributed by atoms with van der Waals surface area (Å²) in [5, 5.41) is 5.02. The van der Waals surface area contributed by atoms with Crippen LogP contribution >= 0.6 is 23.2 Å². The maximum Gasteiger partial charge on any atom is 0.0641 e. The van der Waals surface area contributed by atoms with Crippen LogP contribution in [0.3, 0.4) is 0 Å². The Labute approximate surface area is 113 Å². The normalized spacial score (nSPS) is 18.4. The number of hydrogen-bond acceptors (Lipinski definition) is 2. The van der Waals surface area contributed by atoms with Crippen molar-refractivity contribution in [2.75, 3.05) is 25.5 Å². The van der Waals surface area contributed by atoms with Gasteiger partial charge in [0.1, 0.15) is 0 Å². The maximum atomic E-state index is 6.22. The molecule has 0 bridgehead atoms. The van der Waals surface area contributed by atoms with Crippen LogP contribution in [0.25, 0.3) is 0 Å². The molecule has 1 N–H and O–H groups in total. The molecule has 0 radical (unpaired) electrons. The molecule has 1 saturated heterocycles. The van der Waals surface area contributed by atoms with Gasteiger partial charge in [-0.05, 0) is 57.6 Å². The van der Waals surface area contributed by atoms with Gasteiger partial charge in [-0.2, -0.15) is 0 Å². The first-order valence-corrected chi connectivity index (χ1v) is 6.72. The van der Waals surface area contributed by atoms with Crippen LogP contribution in [-0.4, -0.2) is 31.1 Å². The molecule has 17 heavy (non-hydrogen) atoms. The van der Waals surface area contributed by atoms with E-state index in [4.69, 9.17) is 23.2 Å². The van der Waals surface area contributed by atoms with Crippen molar-refractivity contribution in [3.8, 4) is 0 Å². The number of nitrogens with zero attached hydrogens (tertiary/aromatic N) is 1. The second-order valence-electron chi connectivity index (χ2n) is 4.80. The lowest BCUT2D eigenvalue weighted by Gasteiger charge is -2.30. The molecule has 1 aromatic rings. The average molecular weight is 273 g/mol. The zero-order valence-electron chi connectivity index (χ0n) is 10.3.